The van der Waals surface area contributed by atoms with Crippen LogP contribution < -0.4 is 5.73 Å². The van der Waals surface area contributed by atoms with Crippen molar-refractivity contribution in [2.45, 2.75) is 0 Å². The van der Waals surface area contributed by atoms with Gasteiger partial charge in [-0.1, -0.05) is 33.2 Å². The lowest BCUT2D eigenvalue weighted by molar-refractivity contribution is 0.0562. The van der Waals surface area contributed by atoms with Gasteiger partial charge in [0.05, 0.1) is 5.56 Å². The number of nitrogen functional groups attached to an aromatic ring is 1. The fourth-order valence-electron chi connectivity index (χ4n) is 1.65. The summed E-state index contributed by atoms with van der Waals surface area (Å²) in [6.45, 7) is -0.124. The molecule has 2 aromatic carbocycles. The monoisotopic (exact) mass is 348 g/mol. The number of benzene rings is 2. The fourth-order valence-corrected chi connectivity index (χ4v) is 1.91. The van der Waals surface area contributed by atoms with Crippen LogP contribution in [0.25, 0.3) is 0 Å². The van der Waals surface area contributed by atoms with Crippen molar-refractivity contribution in [3.05, 3.63) is 64.1 Å². The lowest BCUT2D eigenvalue weighted by Crippen LogP contribution is -2.15. The third kappa shape index (κ3) is 4.06. The first-order chi connectivity index (χ1) is 10.1. The highest BCUT2D eigenvalue weighted by Gasteiger charge is 2.11. The molecule has 0 saturated heterocycles. The summed E-state index contributed by atoms with van der Waals surface area (Å²) in [5, 5.41) is 12.2. The molecule has 0 aliphatic heterocycles. The van der Waals surface area contributed by atoms with E-state index in [2.05, 4.69) is 21.1 Å². The summed E-state index contributed by atoms with van der Waals surface area (Å²) in [6.07, 6.45) is 0. The number of nitrogens with zero attached hydrogens (tertiary/aromatic N) is 1. The molecule has 0 aliphatic carbocycles. The van der Waals surface area contributed by atoms with Gasteiger partial charge in [0.1, 0.15) is 12.3 Å². The van der Waals surface area contributed by atoms with Crippen molar-refractivity contribution < 1.29 is 14.7 Å². The van der Waals surface area contributed by atoms with Gasteiger partial charge < -0.3 is 15.7 Å². The van der Waals surface area contributed by atoms with E-state index < -0.39 is 5.97 Å². The van der Waals surface area contributed by atoms with Gasteiger partial charge in [-0.15, -0.1) is 0 Å². The van der Waals surface area contributed by atoms with Crippen LogP contribution in [0.5, 0.6) is 0 Å². The molecule has 2 rings (SSSR count). The topological polar surface area (TPSA) is 84.9 Å². The Balaban J connectivity index is 2.02. The Kier molecular flexibility index (Phi) is 4.94. The SMILES string of the molecule is Nc1ccc(C(=O)OCC(=NO)c2ccc(Br)cc2)cc1. The summed E-state index contributed by atoms with van der Waals surface area (Å²) in [4.78, 5) is 11.9. The second-order valence-electron chi connectivity index (χ2n) is 4.25. The number of hydrogen-bond donors (Lipinski definition) is 2. The number of hydrogen-bond acceptors (Lipinski definition) is 5. The lowest BCUT2D eigenvalue weighted by atomic mass is 10.1. The number of anilines is 1. The number of halogens is 1. The van der Waals surface area contributed by atoms with E-state index >= 15 is 0 Å². The highest BCUT2D eigenvalue weighted by molar-refractivity contribution is 9.10. The van der Waals surface area contributed by atoms with Gasteiger partial charge in [0, 0.05) is 15.7 Å². The third-order valence-electron chi connectivity index (χ3n) is 2.78. The molecule has 0 bridgehead atoms. The predicted molar refractivity (Wildman–Crippen MR) is 83.6 cm³/mol. The molecule has 0 spiro atoms. The quantitative estimate of drug-likeness (QED) is 0.292. The largest absolute Gasteiger partial charge is 0.455 e. The summed E-state index contributed by atoms with van der Waals surface area (Å²) >= 11 is 3.32. The average Bonchev–Trinajstić information content (AvgIpc) is 2.50. The standard InChI is InChI=1S/C15H13BrN2O3/c16-12-5-1-10(2-6-12)14(18-20)9-21-15(19)11-3-7-13(17)8-4-11/h1-8,20H,9,17H2. The molecule has 0 aromatic heterocycles. The van der Waals surface area contributed by atoms with Crippen LogP contribution in [0.1, 0.15) is 15.9 Å². The normalized spacial score (nSPS) is 11.2. The van der Waals surface area contributed by atoms with E-state index in [1.807, 2.05) is 12.1 Å². The summed E-state index contributed by atoms with van der Waals surface area (Å²) in [6, 6.07) is 13.5. The molecule has 0 unspecified atom stereocenters. The fraction of sp³-hybridized carbons (Fsp3) is 0.0667. The molecule has 0 saturated carbocycles. The van der Waals surface area contributed by atoms with Crippen LogP contribution in [0.15, 0.2) is 58.2 Å². The number of ether oxygens (including phenoxy) is 1. The van der Waals surface area contributed by atoms with E-state index in [-0.39, 0.29) is 12.3 Å². The van der Waals surface area contributed by atoms with Crippen molar-refractivity contribution in [2.24, 2.45) is 5.16 Å². The van der Waals surface area contributed by atoms with Crippen LogP contribution in [0.4, 0.5) is 5.69 Å². The number of carbonyl (C=O) groups excluding carboxylic acids is 1. The maximum atomic E-state index is 11.9. The molecule has 0 radical (unpaired) electrons. The average molecular weight is 349 g/mol. The molecule has 0 amide bonds. The Labute approximate surface area is 130 Å². The van der Waals surface area contributed by atoms with E-state index in [0.717, 1.165) is 4.47 Å². The number of oxime groups is 1. The van der Waals surface area contributed by atoms with Crippen molar-refractivity contribution in [1.29, 1.82) is 0 Å². The Hall–Kier alpha value is -2.34. The maximum Gasteiger partial charge on any atom is 0.338 e. The van der Waals surface area contributed by atoms with Crippen molar-refractivity contribution >= 4 is 33.3 Å². The zero-order valence-corrected chi connectivity index (χ0v) is 12.6. The summed E-state index contributed by atoms with van der Waals surface area (Å²) < 4.78 is 6.03. The number of nitrogens with two attached hydrogens (primary N) is 1. The minimum absolute atomic E-state index is 0.124. The van der Waals surface area contributed by atoms with Gasteiger partial charge >= 0.3 is 5.97 Å². The Bertz CT molecular complexity index is 652. The first-order valence-electron chi connectivity index (χ1n) is 6.09. The molecule has 0 atom stereocenters. The zero-order valence-electron chi connectivity index (χ0n) is 11.0. The van der Waals surface area contributed by atoms with Crippen LogP contribution >= 0.6 is 15.9 Å². The summed E-state index contributed by atoms with van der Waals surface area (Å²) in [5.41, 5.74) is 7.45. The molecule has 2 aromatic rings. The summed E-state index contributed by atoms with van der Waals surface area (Å²) in [7, 11) is 0. The van der Waals surface area contributed by atoms with E-state index in [1.54, 1.807) is 36.4 Å². The van der Waals surface area contributed by atoms with Crippen molar-refractivity contribution in [3.8, 4) is 0 Å². The smallest absolute Gasteiger partial charge is 0.338 e. The van der Waals surface area contributed by atoms with Gasteiger partial charge in [0.2, 0.25) is 0 Å². The number of rotatable bonds is 4. The summed E-state index contributed by atoms with van der Waals surface area (Å²) in [5.74, 6) is -0.506. The number of esters is 1. The molecule has 21 heavy (non-hydrogen) atoms. The minimum Gasteiger partial charge on any atom is -0.455 e. The molecule has 0 fully saturated rings. The van der Waals surface area contributed by atoms with Gasteiger partial charge in [0.25, 0.3) is 0 Å². The third-order valence-corrected chi connectivity index (χ3v) is 3.31. The molecule has 6 heteroatoms. The van der Waals surface area contributed by atoms with Crippen LogP contribution in [-0.2, 0) is 4.74 Å². The van der Waals surface area contributed by atoms with E-state index in [9.17, 15) is 4.79 Å². The van der Waals surface area contributed by atoms with Gasteiger partial charge in [-0.3, -0.25) is 0 Å². The number of carbonyl (C=O) groups is 1. The van der Waals surface area contributed by atoms with Gasteiger partial charge in [-0.25, -0.2) is 4.79 Å². The van der Waals surface area contributed by atoms with E-state index in [4.69, 9.17) is 15.7 Å². The Morgan fingerprint density at radius 2 is 1.67 bits per heavy atom. The first-order valence-corrected chi connectivity index (χ1v) is 6.89. The predicted octanol–water partition coefficient (Wildman–Crippen LogP) is 3.07. The highest BCUT2D eigenvalue weighted by Crippen LogP contribution is 2.12. The van der Waals surface area contributed by atoms with Gasteiger partial charge in [0.15, 0.2) is 0 Å². The Morgan fingerprint density at radius 3 is 2.24 bits per heavy atom. The Morgan fingerprint density at radius 1 is 1.10 bits per heavy atom. The van der Waals surface area contributed by atoms with E-state index in [1.165, 1.54) is 0 Å². The minimum atomic E-state index is -0.506. The maximum absolute atomic E-state index is 11.9. The second kappa shape index (κ2) is 6.90. The zero-order chi connectivity index (χ0) is 15.2. The van der Waals surface area contributed by atoms with Crippen LogP contribution in [0.2, 0.25) is 0 Å². The van der Waals surface area contributed by atoms with Crippen LogP contribution in [-0.4, -0.2) is 23.5 Å². The highest BCUT2D eigenvalue weighted by atomic mass is 79.9. The molecule has 0 aliphatic rings. The van der Waals surface area contributed by atoms with Crippen molar-refractivity contribution in [2.75, 3.05) is 12.3 Å². The second-order valence-corrected chi connectivity index (χ2v) is 5.17. The molecular weight excluding hydrogens is 336 g/mol. The first kappa shape index (κ1) is 15.1. The van der Waals surface area contributed by atoms with Crippen LogP contribution in [0, 0.1) is 0 Å². The van der Waals surface area contributed by atoms with Crippen molar-refractivity contribution in [3.63, 3.8) is 0 Å². The van der Waals surface area contributed by atoms with Crippen molar-refractivity contribution in [1.82, 2.24) is 0 Å². The molecule has 108 valence electrons. The molecule has 0 heterocycles. The lowest BCUT2D eigenvalue weighted by Gasteiger charge is -2.07. The van der Waals surface area contributed by atoms with E-state index in [0.29, 0.717) is 16.8 Å². The molecule has 5 nitrogen and oxygen atoms in total. The molecule has 3 N–H and O–H groups in total. The van der Waals surface area contributed by atoms with Crippen LogP contribution in [0.3, 0.4) is 0 Å². The molecular formula is C15H13BrN2O3. The van der Waals surface area contributed by atoms with Gasteiger partial charge in [-0.05, 0) is 36.4 Å². The van der Waals surface area contributed by atoms with Gasteiger partial charge in [-0.2, -0.15) is 0 Å².